The fourth-order valence-corrected chi connectivity index (χ4v) is 7.05. The van der Waals surface area contributed by atoms with Gasteiger partial charge in [-0.1, -0.05) is 0 Å². The summed E-state index contributed by atoms with van der Waals surface area (Å²) in [5.74, 6) is 0.0451. The van der Waals surface area contributed by atoms with E-state index >= 15 is 0 Å². The van der Waals surface area contributed by atoms with E-state index in [2.05, 4.69) is 42.9 Å². The number of aliphatic hydroxyl groups is 2. The molecular weight excluding hydrogens is 629 g/mol. The van der Waals surface area contributed by atoms with Crippen molar-refractivity contribution >= 4 is 46.5 Å². The van der Waals surface area contributed by atoms with Gasteiger partial charge >= 0.3 is 23.5 Å². The zero-order chi connectivity index (χ0) is 31.3. The van der Waals surface area contributed by atoms with E-state index in [0.29, 0.717) is 13.0 Å². The van der Waals surface area contributed by atoms with E-state index in [1.807, 2.05) is 19.0 Å². The number of aliphatic hydroxyl groups excluding tert-OH is 2. The van der Waals surface area contributed by atoms with Crippen LogP contribution in [0.3, 0.4) is 0 Å². The highest BCUT2D eigenvalue weighted by atomic mass is 31.3. The molecule has 2 aromatic rings. The van der Waals surface area contributed by atoms with Crippen molar-refractivity contribution in [2.24, 2.45) is 4.99 Å². The van der Waals surface area contributed by atoms with Crippen LogP contribution < -0.4 is 11.1 Å². The molecule has 0 amide bonds. The van der Waals surface area contributed by atoms with Crippen molar-refractivity contribution in [2.45, 2.75) is 37.9 Å². The Bertz CT molecular complexity index is 1390. The number of aromatic nitrogens is 4. The number of hydrogen-bond donors (Lipinski definition) is 7. The number of anilines is 1. The maximum Gasteiger partial charge on any atom is 0.538 e. The van der Waals surface area contributed by atoms with Gasteiger partial charge in [0.05, 0.1) is 12.9 Å². The largest absolute Gasteiger partial charge is 0.538 e. The number of amidine groups is 1. The van der Waals surface area contributed by atoms with Gasteiger partial charge in [-0.05, 0) is 34.0 Å². The normalized spacial score (nSPS) is 25.7. The number of nitrogen functional groups attached to an aromatic ring is 1. The summed E-state index contributed by atoms with van der Waals surface area (Å²) in [4.78, 5) is 47.3. The number of ether oxygens (including phenoxy) is 1. The van der Waals surface area contributed by atoms with Gasteiger partial charge in [-0.3, -0.25) is 14.0 Å². The number of rotatable bonds is 14. The summed E-state index contributed by atoms with van der Waals surface area (Å²) < 4.78 is 61.1. The minimum absolute atomic E-state index is 0.0451. The lowest BCUT2D eigenvalue weighted by atomic mass is 10.1. The van der Waals surface area contributed by atoms with Crippen LogP contribution in [-0.4, -0.2) is 114 Å². The lowest BCUT2D eigenvalue weighted by Crippen LogP contribution is -2.33. The van der Waals surface area contributed by atoms with Gasteiger partial charge in [-0.2, -0.15) is 8.62 Å². The number of aliphatic imine (C=N–C) groups is 1. The Morgan fingerprint density at radius 1 is 1.12 bits per heavy atom. The van der Waals surface area contributed by atoms with Gasteiger partial charge < -0.3 is 45.2 Å². The number of hydrogen-bond acceptors (Lipinski definition) is 16. The Labute approximate surface area is 239 Å². The third-order valence-electron chi connectivity index (χ3n) is 5.36. The molecule has 1 fully saturated rings. The average molecular weight is 662 g/mol. The van der Waals surface area contributed by atoms with Crippen molar-refractivity contribution < 1.29 is 61.0 Å². The van der Waals surface area contributed by atoms with Crippen LogP contribution in [0.25, 0.3) is 11.2 Å². The van der Waals surface area contributed by atoms with Crippen molar-refractivity contribution in [1.82, 2.24) is 29.7 Å². The second kappa shape index (κ2) is 14.1. The molecule has 0 aromatic carbocycles. The highest BCUT2D eigenvalue weighted by Gasteiger charge is 2.47. The number of fused-ring (bicyclic) bond motifs is 1. The van der Waals surface area contributed by atoms with Crippen molar-refractivity contribution in [3.63, 3.8) is 0 Å². The van der Waals surface area contributed by atoms with Crippen LogP contribution in [0.2, 0.25) is 0 Å². The quantitative estimate of drug-likeness (QED) is 0.0570. The van der Waals surface area contributed by atoms with E-state index in [1.165, 1.54) is 10.9 Å². The standard InChI is InChI=1S/C18H33N8O13P3/c1-4-20-18(21-6-5-7-25(2)3)37-41(31,32)39-42(33,34)38-40(29,30)35-8-11-13(27)14(28)17(36-11)26-10-24-12-15(19)22-9-23-16(12)26/h9-11,13-14,17,27-28H,4-8H2,1-3H3,(H,20,21)(H,29,30)(H,31,32)(H,33,34)(H2,19,22,23)/t11-,13-,14-,17-/m1/s1. The highest BCUT2D eigenvalue weighted by molar-refractivity contribution is 7.67. The second-order valence-corrected chi connectivity index (χ2v) is 13.5. The molecule has 1 saturated heterocycles. The average Bonchev–Trinajstić information content (AvgIpc) is 3.40. The number of nitrogens with two attached hydrogens (primary N) is 1. The minimum atomic E-state index is -5.78. The monoisotopic (exact) mass is 662 g/mol. The first kappa shape index (κ1) is 34.4. The summed E-state index contributed by atoms with van der Waals surface area (Å²) >= 11 is 0. The van der Waals surface area contributed by atoms with Crippen LogP contribution in [0.5, 0.6) is 0 Å². The van der Waals surface area contributed by atoms with Gasteiger partial charge in [-0.15, -0.1) is 0 Å². The molecule has 0 saturated carbocycles. The molecule has 24 heteroatoms. The van der Waals surface area contributed by atoms with Crippen molar-refractivity contribution in [2.75, 3.05) is 46.1 Å². The molecule has 1 aliphatic rings. The van der Waals surface area contributed by atoms with Gasteiger partial charge in [0, 0.05) is 13.1 Å². The number of imidazole rings is 1. The molecule has 8 N–H and O–H groups in total. The SMILES string of the molecule is CCNC(=NCCCN(C)C)OP(=O)(O)OP(=O)(O)OP(=O)(O)OC[C@H]1O[C@@H](n2cnc3c(N)ncnc32)[C@H](O)[C@@H]1O. The molecule has 0 bridgehead atoms. The third kappa shape index (κ3) is 9.45. The van der Waals surface area contributed by atoms with Gasteiger partial charge in [0.2, 0.25) is 0 Å². The molecule has 3 unspecified atom stereocenters. The molecule has 2 aromatic heterocycles. The van der Waals surface area contributed by atoms with Crippen LogP contribution in [0, 0.1) is 0 Å². The van der Waals surface area contributed by atoms with Crippen LogP contribution in [-0.2, 0) is 36.1 Å². The Kier molecular flexibility index (Phi) is 11.6. The maximum absolute atomic E-state index is 12.3. The van der Waals surface area contributed by atoms with Crippen LogP contribution in [0.4, 0.5) is 5.82 Å². The maximum atomic E-state index is 12.3. The minimum Gasteiger partial charge on any atom is -0.387 e. The fraction of sp³-hybridized carbons (Fsp3) is 0.667. The lowest BCUT2D eigenvalue weighted by molar-refractivity contribution is -0.0503. The first-order chi connectivity index (χ1) is 19.5. The van der Waals surface area contributed by atoms with Gasteiger partial charge in [0.25, 0.3) is 6.02 Å². The van der Waals surface area contributed by atoms with E-state index in [-0.39, 0.29) is 30.1 Å². The summed E-state index contributed by atoms with van der Waals surface area (Å²) in [5.41, 5.74) is 6.08. The fourth-order valence-electron chi connectivity index (χ4n) is 3.58. The van der Waals surface area contributed by atoms with Gasteiger partial charge in [0.15, 0.2) is 17.7 Å². The summed E-state index contributed by atoms with van der Waals surface area (Å²) in [7, 11) is -13.0. The van der Waals surface area contributed by atoms with E-state index in [4.69, 9.17) is 10.5 Å². The highest BCUT2D eigenvalue weighted by Crippen LogP contribution is 2.67. The molecule has 1 aliphatic heterocycles. The number of phosphoric ester groups is 2. The van der Waals surface area contributed by atoms with Crippen molar-refractivity contribution in [3.05, 3.63) is 12.7 Å². The van der Waals surface area contributed by atoms with Crippen LogP contribution in [0.1, 0.15) is 19.6 Å². The Morgan fingerprint density at radius 2 is 1.81 bits per heavy atom. The predicted molar refractivity (Wildman–Crippen MR) is 143 cm³/mol. The van der Waals surface area contributed by atoms with E-state index < -0.39 is 60.6 Å². The van der Waals surface area contributed by atoms with E-state index in [0.717, 1.165) is 6.33 Å². The molecular formula is C18H33N8O13P3. The molecule has 0 radical (unpaired) electrons. The van der Waals surface area contributed by atoms with Crippen molar-refractivity contribution in [1.29, 1.82) is 0 Å². The lowest BCUT2D eigenvalue weighted by Gasteiger charge is -2.20. The second-order valence-electron chi connectivity index (χ2n) is 8.96. The Hall–Kier alpha value is -2.09. The zero-order valence-electron chi connectivity index (χ0n) is 22.6. The number of nitrogens with one attached hydrogen (secondary N) is 1. The first-order valence-corrected chi connectivity index (χ1v) is 16.7. The molecule has 238 valence electrons. The molecule has 3 rings (SSSR count). The van der Waals surface area contributed by atoms with Crippen LogP contribution >= 0.6 is 23.5 Å². The molecule has 3 heterocycles. The summed E-state index contributed by atoms with van der Waals surface area (Å²) in [5, 5.41) is 23.4. The smallest absolute Gasteiger partial charge is 0.387 e. The van der Waals surface area contributed by atoms with Gasteiger partial charge in [-0.25, -0.2) is 33.6 Å². The van der Waals surface area contributed by atoms with E-state index in [1.54, 1.807) is 6.92 Å². The van der Waals surface area contributed by atoms with E-state index in [9.17, 15) is 38.6 Å². The van der Waals surface area contributed by atoms with Gasteiger partial charge in [0.1, 0.15) is 30.2 Å². The molecule has 0 spiro atoms. The number of nitrogens with zero attached hydrogens (tertiary/aromatic N) is 6. The molecule has 21 nitrogen and oxygen atoms in total. The third-order valence-corrected chi connectivity index (χ3v) is 9.54. The van der Waals surface area contributed by atoms with Crippen LogP contribution in [0.15, 0.2) is 17.6 Å². The Morgan fingerprint density at radius 3 is 2.48 bits per heavy atom. The summed E-state index contributed by atoms with van der Waals surface area (Å²) in [6.45, 7) is 1.67. The Balaban J connectivity index is 1.59. The predicted octanol–water partition coefficient (Wildman–Crippen LogP) is -0.687. The topological polar surface area (TPSA) is 296 Å². The molecule has 7 atom stereocenters. The number of phosphoric acid groups is 3. The molecule has 0 aliphatic carbocycles. The summed E-state index contributed by atoms with van der Waals surface area (Å²) in [6, 6.07) is -0.481. The van der Waals surface area contributed by atoms with Crippen molar-refractivity contribution in [3.8, 4) is 0 Å². The molecule has 42 heavy (non-hydrogen) atoms. The zero-order valence-corrected chi connectivity index (χ0v) is 25.3. The first-order valence-electron chi connectivity index (χ1n) is 12.2. The summed E-state index contributed by atoms with van der Waals surface area (Å²) in [6.07, 6.45) is -3.16.